The molecule has 1 saturated carbocycles. The van der Waals surface area contributed by atoms with Crippen LogP contribution in [-0.4, -0.2) is 36.7 Å². The molecule has 1 amide bonds. The Morgan fingerprint density at radius 1 is 1.06 bits per heavy atom. The van der Waals surface area contributed by atoms with Crippen LogP contribution in [0.4, 0.5) is 13.2 Å². The monoisotopic (exact) mass is 479 g/mol. The third kappa shape index (κ3) is 3.28. The van der Waals surface area contributed by atoms with Gasteiger partial charge in [0.2, 0.25) is 0 Å². The van der Waals surface area contributed by atoms with Crippen LogP contribution in [0.25, 0.3) is 16.8 Å². The first-order valence-electron chi connectivity index (χ1n) is 11.8. The second-order valence-corrected chi connectivity index (χ2v) is 9.51. The van der Waals surface area contributed by atoms with Crippen molar-refractivity contribution in [1.29, 1.82) is 0 Å². The summed E-state index contributed by atoms with van der Waals surface area (Å²) in [6.07, 6.45) is 2.51. The van der Waals surface area contributed by atoms with Crippen molar-refractivity contribution in [3.05, 3.63) is 76.0 Å². The molecular formula is C26H24F3N5O. The number of benzene rings is 1. The van der Waals surface area contributed by atoms with Gasteiger partial charge in [0.25, 0.3) is 5.91 Å². The summed E-state index contributed by atoms with van der Waals surface area (Å²) in [5.74, 6) is -3.77. The summed E-state index contributed by atoms with van der Waals surface area (Å²) in [6, 6.07) is 7.45. The molecule has 1 atom stereocenters. The van der Waals surface area contributed by atoms with Crippen molar-refractivity contribution < 1.29 is 18.0 Å². The van der Waals surface area contributed by atoms with Crippen LogP contribution in [0.3, 0.4) is 0 Å². The van der Waals surface area contributed by atoms with Gasteiger partial charge < -0.3 is 4.90 Å². The average Bonchev–Trinajstić information content (AvgIpc) is 3.50. The molecule has 6 rings (SSSR count). The summed E-state index contributed by atoms with van der Waals surface area (Å²) in [4.78, 5) is 15.7. The Bertz CT molecular complexity index is 1490. The van der Waals surface area contributed by atoms with E-state index >= 15 is 0 Å². The zero-order valence-corrected chi connectivity index (χ0v) is 19.6. The van der Waals surface area contributed by atoms with Crippen LogP contribution in [0, 0.1) is 24.4 Å². The molecule has 35 heavy (non-hydrogen) atoms. The van der Waals surface area contributed by atoms with Crippen molar-refractivity contribution in [3.63, 3.8) is 0 Å². The van der Waals surface area contributed by atoms with Crippen molar-refractivity contribution in [2.45, 2.75) is 45.1 Å². The first-order chi connectivity index (χ1) is 16.8. The van der Waals surface area contributed by atoms with Crippen LogP contribution in [-0.2, 0) is 13.5 Å². The highest BCUT2D eigenvalue weighted by Crippen LogP contribution is 2.43. The van der Waals surface area contributed by atoms with Gasteiger partial charge in [0.1, 0.15) is 0 Å². The minimum absolute atomic E-state index is 0.0864. The molecule has 1 aromatic carbocycles. The van der Waals surface area contributed by atoms with Crippen LogP contribution in [0.2, 0.25) is 0 Å². The number of nitrogens with zero attached hydrogens (tertiary/aromatic N) is 5. The van der Waals surface area contributed by atoms with Gasteiger partial charge in [-0.3, -0.25) is 9.48 Å². The van der Waals surface area contributed by atoms with E-state index in [1.54, 1.807) is 16.6 Å². The Morgan fingerprint density at radius 3 is 2.46 bits per heavy atom. The molecule has 1 aliphatic carbocycles. The minimum atomic E-state index is -1.50. The zero-order valence-electron chi connectivity index (χ0n) is 19.6. The Balaban J connectivity index is 1.41. The van der Waals surface area contributed by atoms with Gasteiger partial charge in [-0.15, -0.1) is 0 Å². The molecule has 0 bridgehead atoms. The third-order valence-corrected chi connectivity index (χ3v) is 7.21. The lowest BCUT2D eigenvalue weighted by atomic mass is 9.94. The van der Waals surface area contributed by atoms with Crippen LogP contribution >= 0.6 is 0 Å². The Hall–Kier alpha value is -3.62. The van der Waals surface area contributed by atoms with Crippen molar-refractivity contribution >= 4 is 11.4 Å². The van der Waals surface area contributed by atoms with Gasteiger partial charge in [-0.2, -0.15) is 10.2 Å². The molecule has 6 nitrogen and oxygen atoms in total. The van der Waals surface area contributed by atoms with E-state index in [4.69, 9.17) is 5.10 Å². The van der Waals surface area contributed by atoms with Crippen LogP contribution in [0.1, 0.15) is 64.7 Å². The molecule has 4 aromatic rings. The number of pyridine rings is 1. The smallest absolute Gasteiger partial charge is 0.258 e. The molecule has 1 aliphatic heterocycles. The van der Waals surface area contributed by atoms with E-state index < -0.39 is 17.5 Å². The molecule has 0 unspecified atom stereocenters. The Kier molecular flexibility index (Phi) is 4.81. The Labute approximate surface area is 200 Å². The van der Waals surface area contributed by atoms with Gasteiger partial charge in [0.15, 0.2) is 17.5 Å². The number of carbonyl (C=O) groups is 1. The predicted molar refractivity (Wildman–Crippen MR) is 124 cm³/mol. The summed E-state index contributed by atoms with van der Waals surface area (Å²) in [6.45, 7) is 4.30. The highest BCUT2D eigenvalue weighted by molar-refractivity contribution is 6.02. The van der Waals surface area contributed by atoms with E-state index in [9.17, 15) is 18.0 Å². The average molecular weight is 480 g/mol. The molecule has 0 N–H and O–H groups in total. The lowest BCUT2D eigenvalue weighted by molar-refractivity contribution is 0.0674. The molecule has 0 radical (unpaired) electrons. The number of hydrogen-bond donors (Lipinski definition) is 0. The molecule has 180 valence electrons. The van der Waals surface area contributed by atoms with Gasteiger partial charge >= 0.3 is 0 Å². The highest BCUT2D eigenvalue weighted by Gasteiger charge is 2.38. The van der Waals surface area contributed by atoms with Crippen LogP contribution in [0.15, 0.2) is 30.3 Å². The van der Waals surface area contributed by atoms with Crippen molar-refractivity contribution in [2.75, 3.05) is 6.54 Å². The van der Waals surface area contributed by atoms with E-state index in [2.05, 4.69) is 5.10 Å². The largest absolute Gasteiger partial charge is 0.330 e. The molecule has 4 heterocycles. The number of aromatic nitrogens is 4. The number of rotatable bonds is 3. The summed E-state index contributed by atoms with van der Waals surface area (Å²) >= 11 is 0. The second-order valence-electron chi connectivity index (χ2n) is 9.51. The highest BCUT2D eigenvalue weighted by atomic mass is 19.2. The molecule has 0 spiro atoms. The van der Waals surface area contributed by atoms with Gasteiger partial charge in [0.05, 0.1) is 34.2 Å². The molecule has 2 aliphatic rings. The number of halogens is 3. The maximum atomic E-state index is 14.0. The van der Waals surface area contributed by atoms with Gasteiger partial charge in [-0.1, -0.05) is 6.07 Å². The first-order valence-corrected chi connectivity index (χ1v) is 11.8. The van der Waals surface area contributed by atoms with Crippen LogP contribution in [0.5, 0.6) is 0 Å². The lowest BCUT2D eigenvalue weighted by Crippen LogP contribution is -2.39. The van der Waals surface area contributed by atoms with E-state index in [1.807, 2.05) is 36.6 Å². The van der Waals surface area contributed by atoms with Crippen molar-refractivity contribution in [2.24, 2.45) is 7.05 Å². The molecule has 1 fully saturated rings. The number of hydrogen-bond acceptors (Lipinski definition) is 3. The SMILES string of the molecule is Cc1cccc2c(C(=O)N3CCc4c(nn(C)c4-c4cc(F)c(F)c(F)c4)[C@@H]3C)c(C3CC3)nn12. The van der Waals surface area contributed by atoms with Crippen LogP contribution < -0.4 is 0 Å². The summed E-state index contributed by atoms with van der Waals surface area (Å²) in [7, 11) is 1.69. The molecule has 0 saturated heterocycles. The van der Waals surface area contributed by atoms with Gasteiger partial charge in [-0.05, 0) is 57.4 Å². The van der Waals surface area contributed by atoms with E-state index in [0.717, 1.165) is 47.4 Å². The lowest BCUT2D eigenvalue weighted by Gasteiger charge is -2.33. The summed E-state index contributed by atoms with van der Waals surface area (Å²) < 4.78 is 44.8. The maximum absolute atomic E-state index is 14.0. The fraction of sp³-hybridized carbons (Fsp3) is 0.346. The number of fused-ring (bicyclic) bond motifs is 2. The zero-order chi connectivity index (χ0) is 24.6. The second kappa shape index (κ2) is 7.69. The molecule has 3 aromatic heterocycles. The van der Waals surface area contributed by atoms with E-state index in [1.165, 1.54) is 0 Å². The topological polar surface area (TPSA) is 55.4 Å². The number of aryl methyl sites for hydroxylation is 2. The number of amides is 1. The minimum Gasteiger partial charge on any atom is -0.330 e. The van der Waals surface area contributed by atoms with Gasteiger partial charge in [-0.25, -0.2) is 17.7 Å². The predicted octanol–water partition coefficient (Wildman–Crippen LogP) is 5.10. The molecule has 9 heteroatoms. The number of carbonyl (C=O) groups excluding carboxylic acids is 1. The van der Waals surface area contributed by atoms with E-state index in [-0.39, 0.29) is 17.5 Å². The fourth-order valence-electron chi connectivity index (χ4n) is 5.30. The first kappa shape index (κ1) is 21.9. The summed E-state index contributed by atoms with van der Waals surface area (Å²) in [5.41, 5.74) is 5.49. The maximum Gasteiger partial charge on any atom is 0.258 e. The van der Waals surface area contributed by atoms with E-state index in [0.29, 0.717) is 35.8 Å². The summed E-state index contributed by atoms with van der Waals surface area (Å²) in [5, 5.41) is 9.40. The normalized spacial score (nSPS) is 17.8. The van der Waals surface area contributed by atoms with Crippen molar-refractivity contribution in [3.8, 4) is 11.3 Å². The fourth-order valence-corrected chi connectivity index (χ4v) is 5.30. The van der Waals surface area contributed by atoms with Gasteiger partial charge in [0, 0.05) is 36.3 Å². The van der Waals surface area contributed by atoms with Crippen molar-refractivity contribution in [1.82, 2.24) is 24.3 Å². The standard InChI is InChI=1S/C26H24F3N5O/c1-13-5-4-6-20-21(24(15-7-8-15)31-34(13)20)26(35)33-10-9-17-23(14(33)2)30-32(3)25(17)16-11-18(27)22(29)19(28)12-16/h4-6,11-12,14-15H,7-10H2,1-3H3/t14-/m0/s1. The third-order valence-electron chi connectivity index (χ3n) is 7.21. The quantitative estimate of drug-likeness (QED) is 0.385. The molecular weight excluding hydrogens is 455 g/mol. The Morgan fingerprint density at radius 2 is 1.77 bits per heavy atom.